The third-order valence-electron chi connectivity index (χ3n) is 3.79. The second-order valence-electron chi connectivity index (χ2n) is 5.98. The largest absolute Gasteiger partial charge is 0.482 e. The maximum atomic E-state index is 12.3. The number of nitrogens with zero attached hydrogens (tertiary/aromatic N) is 1. The fraction of sp³-hybridized carbons (Fsp3) is 0.263. The molecule has 0 aliphatic carbocycles. The van der Waals surface area contributed by atoms with E-state index < -0.39 is 30.1 Å². The van der Waals surface area contributed by atoms with Crippen LogP contribution in [0, 0.1) is 0 Å². The topological polar surface area (TPSA) is 138 Å². The number of amides is 1. The van der Waals surface area contributed by atoms with Crippen molar-refractivity contribution in [3.8, 4) is 5.75 Å². The number of primary amides is 1. The first kappa shape index (κ1) is 23.8. The Hall–Kier alpha value is -2.50. The number of carbonyl (C=O) groups excluding carboxylic acids is 3. The summed E-state index contributed by atoms with van der Waals surface area (Å²) in [5.74, 6) is -2.04. The Morgan fingerprint density at radius 3 is 2.40 bits per heavy atom. The van der Waals surface area contributed by atoms with Gasteiger partial charge >= 0.3 is 11.9 Å². The number of methoxy groups -OCH3 is 1. The van der Waals surface area contributed by atoms with Gasteiger partial charge in [-0.05, 0) is 45.8 Å². The summed E-state index contributed by atoms with van der Waals surface area (Å²) in [4.78, 5) is 39.1. The predicted molar refractivity (Wildman–Crippen MR) is 111 cm³/mol. The second kappa shape index (κ2) is 11.0. The van der Waals surface area contributed by atoms with Crippen molar-refractivity contribution in [2.24, 2.45) is 5.73 Å². The minimum Gasteiger partial charge on any atom is -0.482 e. The lowest BCUT2D eigenvalue weighted by Gasteiger charge is -2.17. The summed E-state index contributed by atoms with van der Waals surface area (Å²) in [6, 6.07) is 9.49. The highest BCUT2D eigenvalue weighted by molar-refractivity contribution is 9.11. The summed E-state index contributed by atoms with van der Waals surface area (Å²) in [6.45, 7) is -0.241. The third kappa shape index (κ3) is 7.08. The molecule has 2 atom stereocenters. The van der Waals surface area contributed by atoms with E-state index in [0.717, 1.165) is 0 Å². The number of esters is 2. The first-order chi connectivity index (χ1) is 14.2. The molecule has 0 saturated heterocycles. The molecule has 1 aromatic heterocycles. The monoisotopic (exact) mass is 544 g/mol. The maximum Gasteiger partial charge on any atom is 0.343 e. The normalized spacial score (nSPS) is 12.5. The molecule has 3 N–H and O–H groups in total. The molecule has 9 nitrogen and oxygen atoms in total. The van der Waals surface area contributed by atoms with Gasteiger partial charge in [0.25, 0.3) is 5.91 Å². The van der Waals surface area contributed by atoms with Crippen molar-refractivity contribution in [2.75, 3.05) is 13.7 Å². The first-order valence-corrected chi connectivity index (χ1v) is 10.1. The van der Waals surface area contributed by atoms with Crippen LogP contribution in [0.25, 0.3) is 0 Å². The van der Waals surface area contributed by atoms with Crippen molar-refractivity contribution in [2.45, 2.75) is 18.6 Å². The summed E-state index contributed by atoms with van der Waals surface area (Å²) in [5.41, 5.74) is 6.00. The Balaban J connectivity index is 2.02. The van der Waals surface area contributed by atoms with Crippen LogP contribution in [-0.2, 0) is 30.3 Å². The van der Waals surface area contributed by atoms with E-state index >= 15 is 0 Å². The number of aliphatic hydroxyl groups excluding tert-OH is 1. The van der Waals surface area contributed by atoms with Crippen LogP contribution in [0.3, 0.4) is 0 Å². The minimum atomic E-state index is -1.70. The molecule has 11 heteroatoms. The number of pyridine rings is 1. The van der Waals surface area contributed by atoms with Gasteiger partial charge in [-0.25, -0.2) is 14.6 Å². The average Bonchev–Trinajstić information content (AvgIpc) is 2.70. The number of carbonyl (C=O) groups is 3. The lowest BCUT2D eigenvalue weighted by molar-refractivity contribution is -0.163. The van der Waals surface area contributed by atoms with Crippen LogP contribution in [0.2, 0.25) is 0 Å². The molecule has 0 aliphatic heterocycles. The van der Waals surface area contributed by atoms with Gasteiger partial charge in [-0.15, -0.1) is 0 Å². The highest BCUT2D eigenvalue weighted by atomic mass is 79.9. The molecular formula is C19H18Br2N2O7. The van der Waals surface area contributed by atoms with Crippen molar-refractivity contribution in [1.82, 2.24) is 4.98 Å². The van der Waals surface area contributed by atoms with Crippen molar-refractivity contribution in [3.63, 3.8) is 0 Å². The zero-order valence-electron chi connectivity index (χ0n) is 15.7. The average molecular weight is 546 g/mol. The fourth-order valence-corrected chi connectivity index (χ4v) is 3.50. The number of rotatable bonds is 9. The van der Waals surface area contributed by atoms with E-state index in [-0.39, 0.29) is 18.7 Å². The molecule has 1 heterocycles. The molecule has 2 unspecified atom stereocenters. The molecule has 1 amide bonds. The molecule has 0 bridgehead atoms. The molecule has 0 fully saturated rings. The van der Waals surface area contributed by atoms with E-state index in [1.165, 1.54) is 13.2 Å². The van der Waals surface area contributed by atoms with Gasteiger partial charge in [-0.3, -0.25) is 4.79 Å². The Kier molecular flexibility index (Phi) is 8.75. The van der Waals surface area contributed by atoms with Gasteiger partial charge in [-0.2, -0.15) is 0 Å². The number of aromatic nitrogens is 1. The standard InChI is InChI=1S/C19H18Br2N2O7/c1-28-16(24)9-29-12-4-2-10(3-5-12)6-14(18(22)26)30-19(27)17(25)13-7-11(20)8-15(21)23-13/h2-5,7-8,14,17,25H,6,9H2,1H3,(H2,22,26). The van der Waals surface area contributed by atoms with Crippen molar-refractivity contribution < 1.29 is 33.7 Å². The molecule has 0 aliphatic rings. The van der Waals surface area contributed by atoms with Crippen molar-refractivity contribution >= 4 is 49.7 Å². The van der Waals surface area contributed by atoms with Crippen molar-refractivity contribution in [1.29, 1.82) is 0 Å². The number of aliphatic hydroxyl groups is 1. The minimum absolute atomic E-state index is 0.0132. The molecule has 0 radical (unpaired) electrons. The molecule has 2 aromatic rings. The highest BCUT2D eigenvalue weighted by Crippen LogP contribution is 2.22. The Morgan fingerprint density at radius 1 is 1.17 bits per heavy atom. The number of halogens is 2. The number of hydrogen-bond donors (Lipinski definition) is 2. The second-order valence-corrected chi connectivity index (χ2v) is 7.70. The van der Waals surface area contributed by atoms with E-state index in [4.69, 9.17) is 15.2 Å². The van der Waals surface area contributed by atoms with E-state index in [0.29, 0.717) is 20.4 Å². The number of nitrogens with two attached hydrogens (primary N) is 1. The van der Waals surface area contributed by atoms with E-state index in [1.54, 1.807) is 30.3 Å². The zero-order chi connectivity index (χ0) is 22.3. The molecule has 160 valence electrons. The molecular weight excluding hydrogens is 528 g/mol. The van der Waals surface area contributed by atoms with Crippen LogP contribution >= 0.6 is 31.9 Å². The molecule has 30 heavy (non-hydrogen) atoms. The molecule has 2 rings (SSSR count). The van der Waals surface area contributed by atoms with Crippen LogP contribution in [0.15, 0.2) is 45.5 Å². The summed E-state index contributed by atoms with van der Waals surface area (Å²) in [7, 11) is 1.25. The predicted octanol–water partition coefficient (Wildman–Crippen LogP) is 1.83. The highest BCUT2D eigenvalue weighted by Gasteiger charge is 2.27. The van der Waals surface area contributed by atoms with Gasteiger partial charge in [0.15, 0.2) is 18.8 Å². The lowest BCUT2D eigenvalue weighted by atomic mass is 10.1. The molecule has 0 saturated carbocycles. The van der Waals surface area contributed by atoms with Crippen LogP contribution in [-0.4, -0.2) is 47.8 Å². The van der Waals surface area contributed by atoms with Gasteiger partial charge in [0.05, 0.1) is 12.8 Å². The van der Waals surface area contributed by atoms with Crippen LogP contribution in [0.1, 0.15) is 17.4 Å². The number of hydrogen-bond acceptors (Lipinski definition) is 8. The summed E-state index contributed by atoms with van der Waals surface area (Å²) in [6.07, 6.45) is -3.01. The van der Waals surface area contributed by atoms with Gasteiger partial charge in [0, 0.05) is 10.9 Å². The van der Waals surface area contributed by atoms with Crippen LogP contribution in [0.4, 0.5) is 0 Å². The van der Waals surface area contributed by atoms with Gasteiger partial charge in [0.1, 0.15) is 10.4 Å². The zero-order valence-corrected chi connectivity index (χ0v) is 18.9. The Labute approximate surface area is 188 Å². The lowest BCUT2D eigenvalue weighted by Crippen LogP contribution is -2.36. The maximum absolute atomic E-state index is 12.3. The quantitative estimate of drug-likeness (QED) is 0.359. The molecule has 1 aromatic carbocycles. The SMILES string of the molecule is COC(=O)COc1ccc(CC(OC(=O)C(O)c2cc(Br)cc(Br)n2)C(N)=O)cc1. The Morgan fingerprint density at radius 2 is 1.83 bits per heavy atom. The third-order valence-corrected chi connectivity index (χ3v) is 4.65. The smallest absolute Gasteiger partial charge is 0.343 e. The summed E-state index contributed by atoms with van der Waals surface area (Å²) < 4.78 is 15.8. The molecule has 0 spiro atoms. The van der Waals surface area contributed by atoms with Gasteiger partial charge < -0.3 is 25.1 Å². The van der Waals surface area contributed by atoms with E-state index in [1.807, 2.05) is 0 Å². The van der Waals surface area contributed by atoms with Gasteiger partial charge in [-0.1, -0.05) is 28.1 Å². The van der Waals surface area contributed by atoms with E-state index in [9.17, 15) is 19.5 Å². The van der Waals surface area contributed by atoms with Crippen LogP contribution < -0.4 is 10.5 Å². The van der Waals surface area contributed by atoms with E-state index in [2.05, 4.69) is 41.6 Å². The number of ether oxygens (including phenoxy) is 3. The first-order valence-electron chi connectivity index (χ1n) is 8.49. The summed E-state index contributed by atoms with van der Waals surface area (Å²) in [5, 5.41) is 10.2. The van der Waals surface area contributed by atoms with Crippen molar-refractivity contribution in [3.05, 3.63) is 56.7 Å². The summed E-state index contributed by atoms with van der Waals surface area (Å²) >= 11 is 6.40. The number of benzene rings is 1. The van der Waals surface area contributed by atoms with Gasteiger partial charge in [0.2, 0.25) is 0 Å². The fourth-order valence-electron chi connectivity index (χ4n) is 2.29. The van der Waals surface area contributed by atoms with Crippen LogP contribution in [0.5, 0.6) is 5.75 Å². The Bertz CT molecular complexity index is 901.